The first-order chi connectivity index (χ1) is 16.1. The number of hydrogen-bond donors (Lipinski definition) is 2. The maximum atomic E-state index is 9.20. The van der Waals surface area contributed by atoms with Gasteiger partial charge in [-0.1, -0.05) is 73.3 Å². The molecule has 0 aliphatic heterocycles. The monoisotopic (exact) mass is 434 g/mol. The molecule has 0 amide bonds. The van der Waals surface area contributed by atoms with E-state index in [1.54, 1.807) is 12.1 Å². The molecule has 4 aromatic rings. The van der Waals surface area contributed by atoms with Gasteiger partial charge in [0.2, 0.25) is 0 Å². The van der Waals surface area contributed by atoms with Gasteiger partial charge in [-0.05, 0) is 22.2 Å². The molecule has 0 unspecified atom stereocenters. The molecule has 2 aromatic carbocycles. The highest BCUT2D eigenvalue weighted by Crippen LogP contribution is 2.08. The zero-order valence-electron chi connectivity index (χ0n) is 18.5. The van der Waals surface area contributed by atoms with Gasteiger partial charge in [-0.25, -0.2) is 9.13 Å². The highest BCUT2D eigenvalue weighted by Gasteiger charge is 2.10. The number of rotatable bonds is 8. The van der Waals surface area contributed by atoms with Crippen LogP contribution in [0, 0.1) is 0 Å². The fraction of sp³-hybridized carbons (Fsp3) is 0.0714. The van der Waals surface area contributed by atoms with Gasteiger partial charge >= 0.3 is 7.12 Å². The summed E-state index contributed by atoms with van der Waals surface area (Å²) >= 11 is 0. The molecule has 162 valence electrons. The molecular formula is C28H27BN2O2+2. The van der Waals surface area contributed by atoms with Crippen molar-refractivity contribution >= 4 is 30.8 Å². The molecule has 2 aromatic heterocycles. The summed E-state index contributed by atoms with van der Waals surface area (Å²) in [5.41, 5.74) is 6.27. The molecule has 0 fully saturated rings. The Morgan fingerprint density at radius 3 is 1.42 bits per heavy atom. The SMILES string of the molecule is C=Cc1ccc(C[n+]2ccc(/C=C/c3cc[n+](Cc4ccc(B(O)O)cc4)cc3)cc2)cc1. The van der Waals surface area contributed by atoms with Crippen molar-refractivity contribution in [2.75, 3.05) is 0 Å². The van der Waals surface area contributed by atoms with Crippen LogP contribution in [0.2, 0.25) is 0 Å². The lowest BCUT2D eigenvalue weighted by Crippen LogP contribution is -2.34. The standard InChI is InChI=1S/C28H27BN2O2/c1-2-23-3-7-26(8-4-23)21-30-17-13-24(14-18-30)5-6-25-15-19-31(20-16-25)22-27-9-11-28(12-10-27)29(32)33/h2-20,32-33H,1,21-22H2/q+2/b6-5+. The summed E-state index contributed by atoms with van der Waals surface area (Å²) in [6, 6.07) is 24.1. The van der Waals surface area contributed by atoms with Crippen LogP contribution in [-0.2, 0) is 13.1 Å². The van der Waals surface area contributed by atoms with E-state index in [4.69, 9.17) is 0 Å². The molecule has 0 saturated heterocycles. The van der Waals surface area contributed by atoms with Crippen molar-refractivity contribution in [1.82, 2.24) is 0 Å². The van der Waals surface area contributed by atoms with E-state index in [1.165, 1.54) is 5.56 Å². The summed E-state index contributed by atoms with van der Waals surface area (Å²) < 4.78 is 4.26. The largest absolute Gasteiger partial charge is 0.488 e. The minimum atomic E-state index is -1.43. The zero-order chi connectivity index (χ0) is 23.0. The Labute approximate surface area is 195 Å². The summed E-state index contributed by atoms with van der Waals surface area (Å²) in [7, 11) is -1.43. The number of aromatic nitrogens is 2. The van der Waals surface area contributed by atoms with Crippen LogP contribution in [-0.4, -0.2) is 17.2 Å². The van der Waals surface area contributed by atoms with Gasteiger partial charge in [0.1, 0.15) is 0 Å². The molecule has 4 rings (SSSR count). The minimum Gasteiger partial charge on any atom is -0.423 e. The third-order valence-corrected chi connectivity index (χ3v) is 5.53. The van der Waals surface area contributed by atoms with E-state index in [9.17, 15) is 10.0 Å². The van der Waals surface area contributed by atoms with Crippen LogP contribution in [0.25, 0.3) is 18.2 Å². The van der Waals surface area contributed by atoms with Gasteiger partial charge in [0.25, 0.3) is 0 Å². The highest BCUT2D eigenvalue weighted by molar-refractivity contribution is 6.58. The Morgan fingerprint density at radius 1 is 0.606 bits per heavy atom. The van der Waals surface area contributed by atoms with E-state index >= 15 is 0 Å². The Morgan fingerprint density at radius 2 is 1.03 bits per heavy atom. The predicted molar refractivity (Wildman–Crippen MR) is 133 cm³/mol. The van der Waals surface area contributed by atoms with Gasteiger partial charge in [-0.3, -0.25) is 0 Å². The first kappa shape index (κ1) is 22.4. The first-order valence-corrected chi connectivity index (χ1v) is 10.9. The molecule has 2 heterocycles. The molecule has 0 atom stereocenters. The summed E-state index contributed by atoms with van der Waals surface area (Å²) in [6.07, 6.45) is 14.4. The minimum absolute atomic E-state index is 0.498. The summed E-state index contributed by atoms with van der Waals surface area (Å²) in [6.45, 7) is 5.36. The second-order valence-electron chi connectivity index (χ2n) is 8.00. The van der Waals surface area contributed by atoms with E-state index in [2.05, 4.69) is 88.8 Å². The highest BCUT2D eigenvalue weighted by atomic mass is 16.4. The van der Waals surface area contributed by atoms with Crippen molar-refractivity contribution in [2.45, 2.75) is 13.1 Å². The van der Waals surface area contributed by atoms with Crippen LogP contribution >= 0.6 is 0 Å². The van der Waals surface area contributed by atoms with E-state index < -0.39 is 7.12 Å². The third kappa shape index (κ3) is 6.36. The van der Waals surface area contributed by atoms with Crippen LogP contribution in [0.5, 0.6) is 0 Å². The fourth-order valence-electron chi connectivity index (χ4n) is 3.54. The lowest BCUT2D eigenvalue weighted by atomic mass is 9.80. The van der Waals surface area contributed by atoms with E-state index in [0.29, 0.717) is 5.46 Å². The van der Waals surface area contributed by atoms with E-state index in [1.807, 2.05) is 30.6 Å². The van der Waals surface area contributed by atoms with Crippen molar-refractivity contribution in [2.24, 2.45) is 0 Å². The van der Waals surface area contributed by atoms with Crippen LogP contribution in [0.15, 0.2) is 104 Å². The molecule has 0 saturated carbocycles. The second kappa shape index (κ2) is 10.7. The summed E-state index contributed by atoms with van der Waals surface area (Å²) in [5.74, 6) is 0. The third-order valence-electron chi connectivity index (χ3n) is 5.53. The molecule has 5 heteroatoms. The Balaban J connectivity index is 1.34. The van der Waals surface area contributed by atoms with E-state index in [0.717, 1.165) is 35.3 Å². The summed E-state index contributed by atoms with van der Waals surface area (Å²) in [5, 5.41) is 18.4. The van der Waals surface area contributed by atoms with Crippen molar-refractivity contribution in [3.8, 4) is 0 Å². The molecular weight excluding hydrogens is 407 g/mol. The van der Waals surface area contributed by atoms with Crippen LogP contribution in [0.3, 0.4) is 0 Å². The lowest BCUT2D eigenvalue weighted by molar-refractivity contribution is -0.688. The maximum absolute atomic E-state index is 9.20. The molecule has 2 N–H and O–H groups in total. The molecule has 0 aliphatic carbocycles. The van der Waals surface area contributed by atoms with Gasteiger partial charge in [0.05, 0.1) is 0 Å². The average molecular weight is 434 g/mol. The Hall–Kier alpha value is -3.80. The molecule has 4 nitrogen and oxygen atoms in total. The zero-order valence-corrected chi connectivity index (χ0v) is 18.5. The number of benzene rings is 2. The Bertz CT molecular complexity index is 1220. The maximum Gasteiger partial charge on any atom is 0.488 e. The topological polar surface area (TPSA) is 48.2 Å². The van der Waals surface area contributed by atoms with Crippen LogP contribution in [0.4, 0.5) is 0 Å². The van der Waals surface area contributed by atoms with Crippen molar-refractivity contribution in [1.29, 1.82) is 0 Å². The number of nitrogens with zero attached hydrogens (tertiary/aromatic N) is 2. The molecule has 0 bridgehead atoms. The molecule has 0 spiro atoms. The molecule has 0 aliphatic rings. The van der Waals surface area contributed by atoms with E-state index in [-0.39, 0.29) is 0 Å². The first-order valence-electron chi connectivity index (χ1n) is 10.9. The van der Waals surface area contributed by atoms with Crippen molar-refractivity contribution in [3.05, 3.63) is 132 Å². The smallest absolute Gasteiger partial charge is 0.423 e. The number of hydrogen-bond acceptors (Lipinski definition) is 2. The van der Waals surface area contributed by atoms with Crippen LogP contribution in [0.1, 0.15) is 27.8 Å². The van der Waals surface area contributed by atoms with Crippen molar-refractivity contribution in [3.63, 3.8) is 0 Å². The normalized spacial score (nSPS) is 11.0. The molecule has 0 radical (unpaired) electrons. The second-order valence-corrected chi connectivity index (χ2v) is 8.00. The Kier molecular flexibility index (Phi) is 7.25. The lowest BCUT2D eigenvalue weighted by Gasteiger charge is -2.02. The summed E-state index contributed by atoms with van der Waals surface area (Å²) in [4.78, 5) is 0. The average Bonchev–Trinajstić information content (AvgIpc) is 2.85. The van der Waals surface area contributed by atoms with Gasteiger partial charge in [0, 0.05) is 35.4 Å². The van der Waals surface area contributed by atoms with Gasteiger partial charge in [0.15, 0.2) is 37.9 Å². The van der Waals surface area contributed by atoms with Gasteiger partial charge in [-0.2, -0.15) is 0 Å². The van der Waals surface area contributed by atoms with Crippen molar-refractivity contribution < 1.29 is 19.2 Å². The van der Waals surface area contributed by atoms with Gasteiger partial charge in [-0.15, -0.1) is 0 Å². The van der Waals surface area contributed by atoms with Gasteiger partial charge < -0.3 is 10.0 Å². The van der Waals surface area contributed by atoms with Crippen LogP contribution < -0.4 is 14.6 Å². The molecule has 33 heavy (non-hydrogen) atoms. The fourth-order valence-corrected chi connectivity index (χ4v) is 3.54. The quantitative estimate of drug-likeness (QED) is 0.331. The predicted octanol–water partition coefficient (Wildman–Crippen LogP) is 2.85. The number of pyridine rings is 2.